The molecule has 3 heteroatoms. The second kappa shape index (κ2) is 3.96. The van der Waals surface area contributed by atoms with Crippen molar-refractivity contribution in [1.82, 2.24) is 4.98 Å². The van der Waals surface area contributed by atoms with Crippen molar-refractivity contribution in [2.24, 2.45) is 0 Å². The van der Waals surface area contributed by atoms with Crippen LogP contribution in [0.15, 0.2) is 21.9 Å². The van der Waals surface area contributed by atoms with E-state index >= 15 is 0 Å². The summed E-state index contributed by atoms with van der Waals surface area (Å²) in [5, 5.41) is 2.04. The summed E-state index contributed by atoms with van der Waals surface area (Å²) in [4.78, 5) is 5.59. The Balaban J connectivity index is 2.33. The number of aryl methyl sites for hydroxylation is 2. The van der Waals surface area contributed by atoms with Crippen LogP contribution in [0.1, 0.15) is 24.8 Å². The molecule has 0 aromatic carbocycles. The first-order valence-corrected chi connectivity index (χ1v) is 5.69. The zero-order valence-electron chi connectivity index (χ0n) is 8.41. The zero-order chi connectivity index (χ0) is 9.97. The minimum atomic E-state index is 0.765. The Hall–Kier alpha value is -1.09. The Morgan fingerprint density at radius 3 is 3.00 bits per heavy atom. The summed E-state index contributed by atoms with van der Waals surface area (Å²) in [5.74, 6) is 1.72. The van der Waals surface area contributed by atoms with Crippen LogP contribution in [0.3, 0.4) is 0 Å². The van der Waals surface area contributed by atoms with Crippen LogP contribution in [0, 0.1) is 6.92 Å². The molecule has 0 saturated heterocycles. The fourth-order valence-electron chi connectivity index (χ4n) is 1.40. The number of rotatable bonds is 3. The van der Waals surface area contributed by atoms with Crippen molar-refractivity contribution in [1.29, 1.82) is 0 Å². The van der Waals surface area contributed by atoms with Crippen molar-refractivity contribution in [2.45, 2.75) is 26.7 Å². The van der Waals surface area contributed by atoms with Gasteiger partial charge in [0.2, 0.25) is 5.89 Å². The van der Waals surface area contributed by atoms with Gasteiger partial charge in [-0.3, -0.25) is 0 Å². The molecule has 0 spiro atoms. The van der Waals surface area contributed by atoms with Gasteiger partial charge < -0.3 is 4.42 Å². The van der Waals surface area contributed by atoms with E-state index in [9.17, 15) is 0 Å². The normalized spacial score (nSPS) is 10.7. The molecule has 0 aliphatic carbocycles. The van der Waals surface area contributed by atoms with Gasteiger partial charge in [-0.15, -0.1) is 11.3 Å². The molecule has 0 atom stereocenters. The molecule has 0 saturated carbocycles. The lowest BCUT2D eigenvalue weighted by Crippen LogP contribution is -1.85. The monoisotopic (exact) mass is 207 g/mol. The van der Waals surface area contributed by atoms with Crippen molar-refractivity contribution in [3.8, 4) is 10.8 Å². The van der Waals surface area contributed by atoms with Crippen LogP contribution in [0.2, 0.25) is 0 Å². The Bertz CT molecular complexity index is 403. The fourth-order valence-corrected chi connectivity index (χ4v) is 2.05. The van der Waals surface area contributed by atoms with Crippen molar-refractivity contribution >= 4 is 11.3 Å². The van der Waals surface area contributed by atoms with Gasteiger partial charge in [0.15, 0.2) is 0 Å². The Morgan fingerprint density at radius 1 is 1.50 bits per heavy atom. The van der Waals surface area contributed by atoms with Gasteiger partial charge in [0.25, 0.3) is 0 Å². The molecule has 0 amide bonds. The molecule has 0 N–H and O–H groups in total. The largest absolute Gasteiger partial charge is 0.440 e. The highest BCUT2D eigenvalue weighted by Gasteiger charge is 2.10. The molecule has 0 fully saturated rings. The average Bonchev–Trinajstić information content (AvgIpc) is 2.76. The van der Waals surface area contributed by atoms with Crippen molar-refractivity contribution in [3.63, 3.8) is 0 Å². The number of hydrogen-bond donors (Lipinski definition) is 0. The van der Waals surface area contributed by atoms with E-state index in [0.717, 1.165) is 35.1 Å². The van der Waals surface area contributed by atoms with Crippen LogP contribution in [0.5, 0.6) is 0 Å². The summed E-state index contributed by atoms with van der Waals surface area (Å²) < 4.78 is 5.61. The third kappa shape index (κ3) is 1.73. The summed E-state index contributed by atoms with van der Waals surface area (Å²) >= 11 is 1.66. The Kier molecular flexibility index (Phi) is 2.68. The zero-order valence-corrected chi connectivity index (χ0v) is 9.23. The lowest BCUT2D eigenvalue weighted by molar-refractivity contribution is 0.540. The lowest BCUT2D eigenvalue weighted by atomic mass is 10.2. The standard InChI is InChI=1S/C11H13NOS/c1-3-5-9-8(2)13-11(12-9)10-6-4-7-14-10/h4,6-7H,3,5H2,1-2H3. The SMILES string of the molecule is CCCc1nc(-c2cccs2)oc1C. The first-order chi connectivity index (χ1) is 6.81. The molecule has 0 radical (unpaired) electrons. The maximum Gasteiger partial charge on any atom is 0.236 e. The first kappa shape index (κ1) is 9.46. The quantitative estimate of drug-likeness (QED) is 0.767. The predicted octanol–water partition coefficient (Wildman–Crippen LogP) is 3.66. The minimum Gasteiger partial charge on any atom is -0.440 e. The molecular formula is C11H13NOS. The van der Waals surface area contributed by atoms with Gasteiger partial charge >= 0.3 is 0 Å². The fraction of sp³-hybridized carbons (Fsp3) is 0.364. The van der Waals surface area contributed by atoms with E-state index < -0.39 is 0 Å². The van der Waals surface area contributed by atoms with Crippen LogP contribution in [0.25, 0.3) is 10.8 Å². The van der Waals surface area contributed by atoms with Crippen LogP contribution < -0.4 is 0 Å². The summed E-state index contributed by atoms with van der Waals surface area (Å²) in [7, 11) is 0. The van der Waals surface area contributed by atoms with Gasteiger partial charge in [-0.1, -0.05) is 19.4 Å². The van der Waals surface area contributed by atoms with E-state index in [-0.39, 0.29) is 0 Å². The third-order valence-corrected chi connectivity index (χ3v) is 2.97. The highest BCUT2D eigenvalue weighted by molar-refractivity contribution is 7.13. The van der Waals surface area contributed by atoms with E-state index in [0.29, 0.717) is 0 Å². The molecule has 2 aromatic heterocycles. The molecule has 0 aliphatic heterocycles. The highest BCUT2D eigenvalue weighted by atomic mass is 32.1. The highest BCUT2D eigenvalue weighted by Crippen LogP contribution is 2.26. The average molecular weight is 207 g/mol. The number of nitrogens with zero attached hydrogens (tertiary/aromatic N) is 1. The molecule has 14 heavy (non-hydrogen) atoms. The van der Waals surface area contributed by atoms with E-state index in [1.807, 2.05) is 24.4 Å². The van der Waals surface area contributed by atoms with Crippen LogP contribution in [-0.4, -0.2) is 4.98 Å². The van der Waals surface area contributed by atoms with Crippen molar-refractivity contribution < 1.29 is 4.42 Å². The summed E-state index contributed by atoms with van der Waals surface area (Å²) in [5.41, 5.74) is 1.09. The van der Waals surface area contributed by atoms with E-state index in [1.165, 1.54) is 0 Å². The first-order valence-electron chi connectivity index (χ1n) is 4.81. The third-order valence-electron chi connectivity index (χ3n) is 2.11. The maximum atomic E-state index is 5.61. The van der Waals surface area contributed by atoms with E-state index in [2.05, 4.69) is 11.9 Å². The molecule has 0 bridgehead atoms. The molecule has 2 aromatic rings. The summed E-state index contributed by atoms with van der Waals surface area (Å²) in [6.45, 7) is 4.13. The number of thiophene rings is 1. The van der Waals surface area contributed by atoms with Crippen LogP contribution in [-0.2, 0) is 6.42 Å². The Morgan fingerprint density at radius 2 is 2.36 bits per heavy atom. The molecule has 0 unspecified atom stereocenters. The van der Waals surface area contributed by atoms with Gasteiger partial charge in [0.05, 0.1) is 10.6 Å². The van der Waals surface area contributed by atoms with Gasteiger partial charge in [-0.05, 0) is 24.8 Å². The van der Waals surface area contributed by atoms with E-state index in [1.54, 1.807) is 11.3 Å². The summed E-state index contributed by atoms with van der Waals surface area (Å²) in [6.07, 6.45) is 2.11. The topological polar surface area (TPSA) is 26.0 Å². The van der Waals surface area contributed by atoms with Crippen LogP contribution in [0.4, 0.5) is 0 Å². The predicted molar refractivity (Wildman–Crippen MR) is 58.5 cm³/mol. The molecule has 2 nitrogen and oxygen atoms in total. The van der Waals surface area contributed by atoms with Gasteiger partial charge in [0.1, 0.15) is 5.76 Å². The molecule has 2 heterocycles. The van der Waals surface area contributed by atoms with Gasteiger partial charge in [0, 0.05) is 0 Å². The van der Waals surface area contributed by atoms with Gasteiger partial charge in [-0.2, -0.15) is 0 Å². The second-order valence-corrected chi connectivity index (χ2v) is 4.20. The molecule has 0 aliphatic rings. The van der Waals surface area contributed by atoms with Crippen LogP contribution >= 0.6 is 11.3 Å². The Labute approximate surface area is 87.6 Å². The molecule has 74 valence electrons. The number of hydrogen-bond acceptors (Lipinski definition) is 3. The summed E-state index contributed by atoms with van der Waals surface area (Å²) in [6, 6.07) is 4.05. The van der Waals surface area contributed by atoms with Crippen molar-refractivity contribution in [3.05, 3.63) is 29.0 Å². The number of aromatic nitrogens is 1. The second-order valence-electron chi connectivity index (χ2n) is 3.25. The minimum absolute atomic E-state index is 0.765. The molecule has 2 rings (SSSR count). The number of oxazole rings is 1. The smallest absolute Gasteiger partial charge is 0.236 e. The van der Waals surface area contributed by atoms with Crippen molar-refractivity contribution in [2.75, 3.05) is 0 Å². The van der Waals surface area contributed by atoms with E-state index in [4.69, 9.17) is 4.42 Å². The maximum absolute atomic E-state index is 5.61. The lowest BCUT2D eigenvalue weighted by Gasteiger charge is -1.88. The van der Waals surface area contributed by atoms with Gasteiger partial charge in [-0.25, -0.2) is 4.98 Å². The molecular weight excluding hydrogens is 194 g/mol.